The summed E-state index contributed by atoms with van der Waals surface area (Å²) < 4.78 is 12.8. The van der Waals surface area contributed by atoms with Gasteiger partial charge in [0.05, 0.1) is 0 Å². The highest BCUT2D eigenvalue weighted by Gasteiger charge is 2.28. The SMILES string of the molecule is CCC1(CCc2ccc(F)cc2)CCCCN1. The molecule has 0 spiro atoms. The van der Waals surface area contributed by atoms with E-state index in [1.165, 1.54) is 31.2 Å². The van der Waals surface area contributed by atoms with Crippen molar-refractivity contribution >= 4 is 0 Å². The molecule has 1 aliphatic rings. The Balaban J connectivity index is 1.93. The van der Waals surface area contributed by atoms with Crippen LogP contribution in [0.15, 0.2) is 24.3 Å². The predicted molar refractivity (Wildman–Crippen MR) is 69.6 cm³/mol. The fraction of sp³-hybridized carbons (Fsp3) is 0.600. The Labute approximate surface area is 103 Å². The lowest BCUT2D eigenvalue weighted by Crippen LogP contribution is -2.48. The van der Waals surface area contributed by atoms with Crippen molar-refractivity contribution in [3.8, 4) is 0 Å². The Bertz CT molecular complexity index is 338. The molecule has 0 aromatic heterocycles. The number of halogens is 1. The maximum Gasteiger partial charge on any atom is 0.123 e. The number of benzene rings is 1. The first-order valence-corrected chi connectivity index (χ1v) is 6.74. The molecule has 1 fully saturated rings. The Hall–Kier alpha value is -0.890. The molecule has 0 bridgehead atoms. The first-order valence-electron chi connectivity index (χ1n) is 6.74. The van der Waals surface area contributed by atoms with E-state index in [4.69, 9.17) is 0 Å². The number of rotatable bonds is 4. The summed E-state index contributed by atoms with van der Waals surface area (Å²) in [6.45, 7) is 3.42. The van der Waals surface area contributed by atoms with Crippen LogP contribution in [0.1, 0.15) is 44.6 Å². The second kappa shape index (κ2) is 5.63. The monoisotopic (exact) mass is 235 g/mol. The van der Waals surface area contributed by atoms with Crippen LogP contribution in [0.3, 0.4) is 0 Å². The molecule has 0 radical (unpaired) electrons. The van der Waals surface area contributed by atoms with Crippen molar-refractivity contribution in [2.75, 3.05) is 6.54 Å². The fourth-order valence-electron chi connectivity index (χ4n) is 2.76. The average Bonchev–Trinajstić information content (AvgIpc) is 2.39. The summed E-state index contributed by atoms with van der Waals surface area (Å²) >= 11 is 0. The molecule has 17 heavy (non-hydrogen) atoms. The Kier molecular flexibility index (Phi) is 4.16. The van der Waals surface area contributed by atoms with Gasteiger partial charge in [-0.15, -0.1) is 0 Å². The molecule has 1 aliphatic heterocycles. The van der Waals surface area contributed by atoms with Crippen LogP contribution >= 0.6 is 0 Å². The third-order valence-electron chi connectivity index (χ3n) is 4.06. The minimum Gasteiger partial charge on any atom is -0.311 e. The highest BCUT2D eigenvalue weighted by Crippen LogP contribution is 2.27. The van der Waals surface area contributed by atoms with Crippen molar-refractivity contribution in [2.24, 2.45) is 0 Å². The molecule has 0 amide bonds. The predicted octanol–water partition coefficient (Wildman–Crippen LogP) is 3.68. The van der Waals surface area contributed by atoms with Gasteiger partial charge in [0, 0.05) is 5.54 Å². The van der Waals surface area contributed by atoms with E-state index in [1.807, 2.05) is 12.1 Å². The molecule has 1 atom stereocenters. The second-order valence-corrected chi connectivity index (χ2v) is 5.14. The highest BCUT2D eigenvalue weighted by atomic mass is 19.1. The molecule has 1 aromatic rings. The van der Waals surface area contributed by atoms with Gasteiger partial charge in [-0.3, -0.25) is 0 Å². The van der Waals surface area contributed by atoms with Crippen LogP contribution in [0.5, 0.6) is 0 Å². The Morgan fingerprint density at radius 1 is 1.24 bits per heavy atom. The first kappa shape index (κ1) is 12.6. The average molecular weight is 235 g/mol. The van der Waals surface area contributed by atoms with Crippen molar-refractivity contribution < 1.29 is 4.39 Å². The summed E-state index contributed by atoms with van der Waals surface area (Å²) in [5.41, 5.74) is 1.57. The zero-order valence-electron chi connectivity index (χ0n) is 10.6. The van der Waals surface area contributed by atoms with Crippen molar-refractivity contribution in [3.63, 3.8) is 0 Å². The quantitative estimate of drug-likeness (QED) is 0.839. The molecule has 94 valence electrons. The number of aryl methyl sites for hydroxylation is 1. The van der Waals surface area contributed by atoms with Crippen LogP contribution < -0.4 is 5.32 Å². The van der Waals surface area contributed by atoms with E-state index in [2.05, 4.69) is 12.2 Å². The van der Waals surface area contributed by atoms with Gasteiger partial charge in [-0.05, 0) is 56.3 Å². The zero-order chi connectivity index (χ0) is 12.1. The molecule has 1 heterocycles. The summed E-state index contributed by atoms with van der Waals surface area (Å²) in [5, 5.41) is 3.69. The summed E-state index contributed by atoms with van der Waals surface area (Å²) in [6.07, 6.45) is 7.32. The topological polar surface area (TPSA) is 12.0 Å². The second-order valence-electron chi connectivity index (χ2n) is 5.14. The fourth-order valence-corrected chi connectivity index (χ4v) is 2.76. The van der Waals surface area contributed by atoms with Gasteiger partial charge in [0.2, 0.25) is 0 Å². The normalized spacial score (nSPS) is 24.8. The lowest BCUT2D eigenvalue weighted by molar-refractivity contribution is 0.229. The number of piperidine rings is 1. The molecule has 2 rings (SSSR count). The van der Waals surface area contributed by atoms with Crippen LogP contribution in [0.2, 0.25) is 0 Å². The number of hydrogen-bond donors (Lipinski definition) is 1. The van der Waals surface area contributed by atoms with Crippen molar-refractivity contribution in [2.45, 2.75) is 51.0 Å². The highest BCUT2D eigenvalue weighted by molar-refractivity contribution is 5.16. The molecule has 1 saturated heterocycles. The zero-order valence-corrected chi connectivity index (χ0v) is 10.6. The molecular weight excluding hydrogens is 213 g/mol. The largest absolute Gasteiger partial charge is 0.311 e. The third kappa shape index (κ3) is 3.29. The van der Waals surface area contributed by atoms with E-state index in [1.54, 1.807) is 12.1 Å². The minimum absolute atomic E-state index is 0.144. The van der Waals surface area contributed by atoms with Gasteiger partial charge in [0.1, 0.15) is 5.82 Å². The van der Waals surface area contributed by atoms with Crippen LogP contribution in [-0.4, -0.2) is 12.1 Å². The van der Waals surface area contributed by atoms with Crippen LogP contribution in [0, 0.1) is 5.82 Å². The van der Waals surface area contributed by atoms with E-state index in [0.29, 0.717) is 5.54 Å². The van der Waals surface area contributed by atoms with Gasteiger partial charge in [-0.1, -0.05) is 25.5 Å². The van der Waals surface area contributed by atoms with E-state index in [0.717, 1.165) is 19.4 Å². The molecule has 1 N–H and O–H groups in total. The molecule has 1 aromatic carbocycles. The van der Waals surface area contributed by atoms with Crippen LogP contribution in [-0.2, 0) is 6.42 Å². The Morgan fingerprint density at radius 3 is 2.59 bits per heavy atom. The molecule has 0 saturated carbocycles. The van der Waals surface area contributed by atoms with Gasteiger partial charge in [-0.25, -0.2) is 4.39 Å². The third-order valence-corrected chi connectivity index (χ3v) is 4.06. The van der Waals surface area contributed by atoms with Gasteiger partial charge in [0.15, 0.2) is 0 Å². The van der Waals surface area contributed by atoms with Crippen molar-refractivity contribution in [1.29, 1.82) is 0 Å². The lowest BCUT2D eigenvalue weighted by atomic mass is 9.81. The van der Waals surface area contributed by atoms with Crippen LogP contribution in [0.25, 0.3) is 0 Å². The van der Waals surface area contributed by atoms with E-state index < -0.39 is 0 Å². The van der Waals surface area contributed by atoms with E-state index in [-0.39, 0.29) is 5.82 Å². The van der Waals surface area contributed by atoms with Gasteiger partial charge in [0.25, 0.3) is 0 Å². The maximum absolute atomic E-state index is 12.8. The lowest BCUT2D eigenvalue weighted by Gasteiger charge is -2.38. The van der Waals surface area contributed by atoms with Crippen molar-refractivity contribution in [3.05, 3.63) is 35.6 Å². The molecule has 1 unspecified atom stereocenters. The summed E-state index contributed by atoms with van der Waals surface area (Å²) in [5.74, 6) is -0.144. The Morgan fingerprint density at radius 2 is 2.00 bits per heavy atom. The van der Waals surface area contributed by atoms with Crippen molar-refractivity contribution in [1.82, 2.24) is 5.32 Å². The van der Waals surface area contributed by atoms with E-state index >= 15 is 0 Å². The van der Waals surface area contributed by atoms with Crippen LogP contribution in [0.4, 0.5) is 4.39 Å². The number of hydrogen-bond acceptors (Lipinski definition) is 1. The molecule has 0 aliphatic carbocycles. The summed E-state index contributed by atoms with van der Waals surface area (Å²) in [6, 6.07) is 6.92. The standard InChI is InChI=1S/C15H22FN/c1-2-15(10-3-4-12-17-15)11-9-13-5-7-14(16)8-6-13/h5-8,17H,2-4,9-12H2,1H3. The molecular formula is C15H22FN. The number of nitrogens with one attached hydrogen (secondary N) is 1. The summed E-state index contributed by atoms with van der Waals surface area (Å²) in [4.78, 5) is 0. The minimum atomic E-state index is -0.144. The van der Waals surface area contributed by atoms with E-state index in [9.17, 15) is 4.39 Å². The first-order chi connectivity index (χ1) is 8.24. The molecule has 1 nitrogen and oxygen atoms in total. The summed E-state index contributed by atoms with van der Waals surface area (Å²) in [7, 11) is 0. The smallest absolute Gasteiger partial charge is 0.123 e. The maximum atomic E-state index is 12.8. The van der Waals surface area contributed by atoms with Gasteiger partial charge in [-0.2, -0.15) is 0 Å². The molecule has 2 heteroatoms. The van der Waals surface area contributed by atoms with Gasteiger partial charge < -0.3 is 5.32 Å². The van der Waals surface area contributed by atoms with Gasteiger partial charge >= 0.3 is 0 Å².